The van der Waals surface area contributed by atoms with E-state index < -0.39 is 0 Å². The minimum Gasteiger partial charge on any atom is -0.474 e. The minimum atomic E-state index is -0.375. The van der Waals surface area contributed by atoms with Gasteiger partial charge in [0.25, 0.3) is 5.91 Å². The zero-order valence-corrected chi connectivity index (χ0v) is 25.7. The van der Waals surface area contributed by atoms with Gasteiger partial charge in [0.05, 0.1) is 23.1 Å². The van der Waals surface area contributed by atoms with Crippen LogP contribution in [0.1, 0.15) is 64.9 Å². The Morgan fingerprint density at radius 3 is 2.62 bits per heavy atom. The maximum Gasteiger partial charge on any atom is 0.257 e. The van der Waals surface area contributed by atoms with E-state index in [1.807, 2.05) is 37.4 Å². The molecule has 0 unspecified atom stereocenters. The molecule has 0 bridgehead atoms. The van der Waals surface area contributed by atoms with Crippen LogP contribution in [0, 0.1) is 5.82 Å². The molecule has 0 atom stereocenters. The highest BCUT2D eigenvalue weighted by atomic mass is 35.5. The van der Waals surface area contributed by atoms with Crippen LogP contribution in [-0.4, -0.2) is 54.5 Å². The highest BCUT2D eigenvalue weighted by Crippen LogP contribution is 2.38. The summed E-state index contributed by atoms with van der Waals surface area (Å²) in [5, 5.41) is 3.34. The number of aryl methyl sites for hydroxylation is 1. The number of amides is 1. The number of ether oxygens (including phenoxy) is 1. The van der Waals surface area contributed by atoms with Gasteiger partial charge >= 0.3 is 0 Å². The van der Waals surface area contributed by atoms with Crippen molar-refractivity contribution in [2.45, 2.75) is 50.7 Å². The van der Waals surface area contributed by atoms with Crippen molar-refractivity contribution in [2.75, 3.05) is 18.4 Å². The predicted molar refractivity (Wildman–Crippen MR) is 170 cm³/mol. The lowest BCUT2D eigenvalue weighted by atomic mass is 10.1. The molecule has 1 aliphatic heterocycles. The monoisotopic (exact) mass is 625 g/mol. The molecule has 9 nitrogen and oxygen atoms in total. The van der Waals surface area contributed by atoms with Gasteiger partial charge in [-0.25, -0.2) is 14.4 Å². The number of carbonyl (C=O) groups is 1. The second-order valence-corrected chi connectivity index (χ2v) is 12.2. The molecule has 5 aromatic rings. The van der Waals surface area contributed by atoms with Crippen molar-refractivity contribution in [3.63, 3.8) is 0 Å². The Labute approximate surface area is 265 Å². The zero-order valence-electron chi connectivity index (χ0n) is 24.9. The van der Waals surface area contributed by atoms with Crippen molar-refractivity contribution in [2.24, 2.45) is 7.05 Å². The number of benzene rings is 2. The van der Waals surface area contributed by atoms with Crippen LogP contribution in [0.25, 0.3) is 11.0 Å². The molecule has 11 heteroatoms. The normalized spacial score (nSPS) is 15.8. The minimum absolute atomic E-state index is 0.0305. The third-order valence-electron chi connectivity index (χ3n) is 8.51. The summed E-state index contributed by atoms with van der Waals surface area (Å²) in [5.74, 6) is 1.95. The first kappa shape index (κ1) is 29.3. The predicted octanol–water partition coefficient (Wildman–Crippen LogP) is 6.31. The van der Waals surface area contributed by atoms with Crippen molar-refractivity contribution in [3.05, 3.63) is 106 Å². The molecule has 7 rings (SSSR count). The second-order valence-electron chi connectivity index (χ2n) is 11.8. The molecular formula is C34H33ClFN7O2. The lowest BCUT2D eigenvalue weighted by molar-refractivity contribution is 0.0912. The molecule has 230 valence electrons. The SMILES string of the molecule is Cn1c(CN2CCC(Oc3ccnc(Cc4ccc(Cl)cc4F)n3)CC2)nc2cc(NC(=O)c3ccc(C4CC4)nc3)ccc21. The first-order valence-electron chi connectivity index (χ1n) is 15.3. The first-order chi connectivity index (χ1) is 21.9. The van der Waals surface area contributed by atoms with E-state index in [2.05, 4.69) is 29.7 Å². The van der Waals surface area contributed by atoms with Crippen LogP contribution in [0.5, 0.6) is 5.88 Å². The molecule has 2 aliphatic rings. The van der Waals surface area contributed by atoms with E-state index in [4.69, 9.17) is 21.3 Å². The highest BCUT2D eigenvalue weighted by molar-refractivity contribution is 6.30. The fraction of sp³-hybridized carbons (Fsp3) is 0.324. The molecule has 2 fully saturated rings. The van der Waals surface area contributed by atoms with E-state index in [-0.39, 0.29) is 24.2 Å². The van der Waals surface area contributed by atoms with Crippen LogP contribution in [0.4, 0.5) is 10.1 Å². The van der Waals surface area contributed by atoms with Crippen LogP contribution in [0.15, 0.2) is 67.0 Å². The van der Waals surface area contributed by atoms with Crippen molar-refractivity contribution in [1.29, 1.82) is 0 Å². The van der Waals surface area contributed by atoms with E-state index in [0.717, 1.165) is 48.5 Å². The fourth-order valence-corrected chi connectivity index (χ4v) is 5.91. The molecule has 0 spiro atoms. The van der Waals surface area contributed by atoms with Gasteiger partial charge in [-0.3, -0.25) is 14.7 Å². The number of pyridine rings is 1. The number of nitrogens with zero attached hydrogens (tertiary/aromatic N) is 6. The Hall–Kier alpha value is -4.41. The molecule has 1 aliphatic carbocycles. The van der Waals surface area contributed by atoms with Crippen LogP contribution >= 0.6 is 11.6 Å². The van der Waals surface area contributed by atoms with Gasteiger partial charge in [0.2, 0.25) is 5.88 Å². The van der Waals surface area contributed by atoms with Gasteiger partial charge in [0, 0.05) is 67.3 Å². The Morgan fingerprint density at radius 1 is 1.02 bits per heavy atom. The molecule has 3 aromatic heterocycles. The number of carbonyl (C=O) groups excluding carboxylic acids is 1. The second kappa shape index (κ2) is 12.5. The van der Waals surface area contributed by atoms with Gasteiger partial charge in [-0.05, 0) is 73.7 Å². The highest BCUT2D eigenvalue weighted by Gasteiger charge is 2.25. The molecule has 1 saturated heterocycles. The average molecular weight is 626 g/mol. The van der Waals surface area contributed by atoms with Crippen molar-refractivity contribution < 1.29 is 13.9 Å². The van der Waals surface area contributed by atoms with Gasteiger partial charge in [0.1, 0.15) is 23.6 Å². The number of piperidine rings is 1. The number of anilines is 1. The number of nitrogens with one attached hydrogen (secondary N) is 1. The molecule has 0 radical (unpaired) electrons. The smallest absolute Gasteiger partial charge is 0.257 e. The summed E-state index contributed by atoms with van der Waals surface area (Å²) >= 11 is 5.87. The summed E-state index contributed by atoms with van der Waals surface area (Å²) < 4.78 is 22.5. The quantitative estimate of drug-likeness (QED) is 0.205. The van der Waals surface area contributed by atoms with Gasteiger partial charge < -0.3 is 14.6 Å². The zero-order chi connectivity index (χ0) is 30.9. The number of likely N-dealkylation sites (tertiary alicyclic amines) is 1. The van der Waals surface area contributed by atoms with Crippen molar-refractivity contribution in [3.8, 4) is 5.88 Å². The number of hydrogen-bond acceptors (Lipinski definition) is 7. The maximum atomic E-state index is 14.2. The number of fused-ring (bicyclic) bond motifs is 1. The molecule has 1 amide bonds. The number of aromatic nitrogens is 5. The van der Waals surface area contributed by atoms with E-state index in [9.17, 15) is 9.18 Å². The molecule has 45 heavy (non-hydrogen) atoms. The summed E-state index contributed by atoms with van der Waals surface area (Å²) in [6, 6.07) is 16.0. The third kappa shape index (κ3) is 6.82. The van der Waals surface area contributed by atoms with Gasteiger partial charge in [-0.2, -0.15) is 4.98 Å². The Morgan fingerprint density at radius 2 is 1.87 bits per heavy atom. The largest absolute Gasteiger partial charge is 0.474 e. The van der Waals surface area contributed by atoms with E-state index >= 15 is 0 Å². The number of rotatable bonds is 9. The molecule has 1 saturated carbocycles. The molecular weight excluding hydrogens is 593 g/mol. The number of halogens is 2. The van der Waals surface area contributed by atoms with Gasteiger partial charge in [0.15, 0.2) is 0 Å². The lowest BCUT2D eigenvalue weighted by Gasteiger charge is -2.31. The summed E-state index contributed by atoms with van der Waals surface area (Å²) in [6.07, 6.45) is 7.65. The van der Waals surface area contributed by atoms with E-state index in [1.165, 1.54) is 18.9 Å². The summed E-state index contributed by atoms with van der Waals surface area (Å²) in [6.45, 7) is 2.43. The first-order valence-corrected chi connectivity index (χ1v) is 15.6. The van der Waals surface area contributed by atoms with Crippen molar-refractivity contribution in [1.82, 2.24) is 29.4 Å². The third-order valence-corrected chi connectivity index (χ3v) is 8.74. The van der Waals surface area contributed by atoms with Crippen LogP contribution in [0.3, 0.4) is 0 Å². The Bertz CT molecular complexity index is 1850. The molecule has 2 aromatic carbocycles. The van der Waals surface area contributed by atoms with Crippen LogP contribution in [0.2, 0.25) is 5.02 Å². The van der Waals surface area contributed by atoms with Crippen LogP contribution < -0.4 is 10.1 Å². The van der Waals surface area contributed by atoms with E-state index in [1.54, 1.807) is 30.6 Å². The Kier molecular flexibility index (Phi) is 8.16. The number of hydrogen-bond donors (Lipinski definition) is 1. The summed E-state index contributed by atoms with van der Waals surface area (Å²) in [7, 11) is 2.02. The maximum absolute atomic E-state index is 14.2. The standard InChI is InChI=1S/C34H33ClFN7O2/c1-42-30-9-7-25(39-34(44)23-5-8-28(38-19-23)21-2-3-21)18-29(30)40-32(42)20-43-14-11-26(12-15-43)45-33-10-13-37-31(41-33)16-22-4-6-24(35)17-27(22)36/h4-10,13,17-19,21,26H,2-3,11-12,14-16,20H2,1H3,(H,39,44). The average Bonchev–Trinajstić information content (AvgIpc) is 3.85. The van der Waals surface area contributed by atoms with Gasteiger partial charge in [-0.1, -0.05) is 17.7 Å². The Balaban J connectivity index is 0.934. The van der Waals surface area contributed by atoms with Crippen molar-refractivity contribution >= 4 is 34.2 Å². The molecule has 4 heterocycles. The van der Waals surface area contributed by atoms with Crippen LogP contribution in [-0.2, 0) is 20.0 Å². The van der Waals surface area contributed by atoms with Gasteiger partial charge in [-0.15, -0.1) is 0 Å². The fourth-order valence-electron chi connectivity index (χ4n) is 5.75. The lowest BCUT2D eigenvalue weighted by Crippen LogP contribution is -2.38. The topological polar surface area (TPSA) is 98.1 Å². The summed E-state index contributed by atoms with van der Waals surface area (Å²) in [5.41, 5.74) is 4.64. The molecule has 1 N–H and O–H groups in total. The van der Waals surface area contributed by atoms with E-state index in [0.29, 0.717) is 46.0 Å². The summed E-state index contributed by atoms with van der Waals surface area (Å²) in [4.78, 5) is 33.4. The number of imidazole rings is 1.